The Kier molecular flexibility index (Phi) is 9.97. The molecule has 0 bridgehead atoms. The molecule has 59 heavy (non-hydrogen) atoms. The first-order valence-corrected chi connectivity index (χ1v) is 21.5. The summed E-state index contributed by atoms with van der Waals surface area (Å²) >= 11 is 0. The summed E-state index contributed by atoms with van der Waals surface area (Å²) in [6, 6.07) is 42.5. The van der Waals surface area contributed by atoms with E-state index in [9.17, 15) is 0 Å². The Morgan fingerprint density at radius 2 is 1.10 bits per heavy atom. The molecule has 0 N–H and O–H groups in total. The van der Waals surface area contributed by atoms with Gasteiger partial charge in [-0.05, 0) is 123 Å². The molecule has 3 heterocycles. The van der Waals surface area contributed by atoms with Crippen LogP contribution in [-0.2, 0) is 21.7 Å². The van der Waals surface area contributed by atoms with Gasteiger partial charge in [-0.2, -0.15) is 0 Å². The van der Waals surface area contributed by atoms with E-state index in [2.05, 4.69) is 213 Å². The molecule has 5 nitrogen and oxygen atoms in total. The molecule has 0 spiro atoms. The van der Waals surface area contributed by atoms with Gasteiger partial charge < -0.3 is 14.5 Å². The van der Waals surface area contributed by atoms with Crippen molar-refractivity contribution in [3.05, 3.63) is 144 Å². The van der Waals surface area contributed by atoms with Crippen molar-refractivity contribution in [1.82, 2.24) is 9.55 Å². The number of rotatable bonds is 8. The first-order chi connectivity index (χ1) is 27.9. The van der Waals surface area contributed by atoms with Gasteiger partial charge in [0.15, 0.2) is 0 Å². The minimum atomic E-state index is -0.100. The lowest BCUT2D eigenvalue weighted by molar-refractivity contribution is 0.439. The topological polar surface area (TPSA) is 33.5 Å². The number of para-hydroxylation sites is 2. The Hall–Kier alpha value is -5.55. The Morgan fingerprint density at radius 3 is 1.75 bits per heavy atom. The van der Waals surface area contributed by atoms with Crippen LogP contribution in [0.25, 0.3) is 27.6 Å². The summed E-state index contributed by atoms with van der Waals surface area (Å²) in [5, 5.41) is 2.38. The lowest BCUT2D eigenvalue weighted by Crippen LogP contribution is -2.25. The molecule has 0 amide bonds. The van der Waals surface area contributed by atoms with Crippen molar-refractivity contribution in [1.29, 1.82) is 0 Å². The third kappa shape index (κ3) is 7.50. The molecule has 8 rings (SSSR count). The monoisotopic (exact) mass is 782 g/mol. The molecule has 0 saturated heterocycles. The summed E-state index contributed by atoms with van der Waals surface area (Å²) in [6.45, 7) is 28.1. The molecule has 0 aliphatic carbocycles. The van der Waals surface area contributed by atoms with Gasteiger partial charge in [0.2, 0.25) is 0 Å². The van der Waals surface area contributed by atoms with E-state index in [4.69, 9.17) is 9.72 Å². The third-order valence-corrected chi connectivity index (χ3v) is 12.9. The number of anilines is 4. The fourth-order valence-corrected chi connectivity index (χ4v) is 8.51. The Balaban J connectivity index is 1.23. The number of aromatic nitrogens is 2. The van der Waals surface area contributed by atoms with Gasteiger partial charge >= 0.3 is 0 Å². The van der Waals surface area contributed by atoms with E-state index in [1.807, 2.05) is 6.20 Å². The van der Waals surface area contributed by atoms with E-state index < -0.39 is 0 Å². The van der Waals surface area contributed by atoms with Gasteiger partial charge in [-0.1, -0.05) is 119 Å². The number of fused-ring (bicyclic) bond motifs is 4. The van der Waals surface area contributed by atoms with Crippen molar-refractivity contribution in [2.24, 2.45) is 0 Å². The highest BCUT2D eigenvalue weighted by atomic mass is 16.5. The second kappa shape index (κ2) is 14.6. The predicted octanol–water partition coefficient (Wildman–Crippen LogP) is 15.2. The van der Waals surface area contributed by atoms with Gasteiger partial charge in [-0.3, -0.25) is 4.57 Å². The van der Waals surface area contributed by atoms with Crippen molar-refractivity contribution in [3.63, 3.8) is 0 Å². The fraction of sp³-hybridized carbons (Fsp3) is 0.352. The zero-order valence-corrected chi connectivity index (χ0v) is 37.4. The molecule has 0 radical (unpaired) electrons. The average Bonchev–Trinajstić information content (AvgIpc) is 3.75. The molecule has 1 aliphatic heterocycles. The zero-order valence-electron chi connectivity index (χ0n) is 37.4. The molecule has 0 unspecified atom stereocenters. The van der Waals surface area contributed by atoms with Gasteiger partial charge in [0.25, 0.3) is 0 Å². The number of hydrogen-bond acceptors (Lipinski definition) is 4. The Morgan fingerprint density at radius 1 is 0.508 bits per heavy atom. The van der Waals surface area contributed by atoms with Crippen molar-refractivity contribution in [3.8, 4) is 17.3 Å². The van der Waals surface area contributed by atoms with Crippen molar-refractivity contribution >= 4 is 44.6 Å². The molecule has 304 valence electrons. The highest BCUT2D eigenvalue weighted by molar-refractivity contribution is 6.09. The smallest absolute Gasteiger partial charge is 0.137 e. The number of ether oxygens (including phenoxy) is 1. The van der Waals surface area contributed by atoms with Crippen LogP contribution in [0, 0.1) is 0 Å². The third-order valence-electron chi connectivity index (χ3n) is 12.9. The minimum absolute atomic E-state index is 0.00263. The lowest BCUT2D eigenvalue weighted by Gasteiger charge is -2.29. The predicted molar refractivity (Wildman–Crippen MR) is 251 cm³/mol. The standard InChI is InChI=1S/C54H62N4O/c1-13-54(12,14-2)38-18-17-19-40(28-38)56-35-57(47-21-16-15-20-46(47)56)41-29-39(53(9,10)11)30-43(33-41)59-42-23-25-45-44-24-22-36(51(3,4)5)31-48(44)58(49(45)34-42)50-32-37(26-27-55-50)52(6,7)8/h15-34H,13-14,35H2,1-12H3. The second-order valence-electron chi connectivity index (χ2n) is 20.0. The van der Waals surface area contributed by atoms with Gasteiger partial charge in [-0.15, -0.1) is 0 Å². The van der Waals surface area contributed by atoms with Crippen LogP contribution in [0.1, 0.15) is 118 Å². The first kappa shape index (κ1) is 40.2. The lowest BCUT2D eigenvalue weighted by atomic mass is 9.78. The van der Waals surface area contributed by atoms with Crippen LogP contribution >= 0.6 is 0 Å². The summed E-state index contributed by atoms with van der Waals surface area (Å²) in [5.74, 6) is 2.52. The summed E-state index contributed by atoms with van der Waals surface area (Å²) in [5.41, 5.74) is 12.1. The molecular weight excluding hydrogens is 721 g/mol. The number of benzene rings is 5. The second-order valence-corrected chi connectivity index (χ2v) is 20.0. The molecule has 5 aromatic carbocycles. The zero-order chi connectivity index (χ0) is 42.1. The van der Waals surface area contributed by atoms with Crippen LogP contribution in [0.4, 0.5) is 22.7 Å². The molecule has 2 aromatic heterocycles. The Labute approximate surface area is 352 Å². The normalized spacial score (nSPS) is 13.8. The molecular formula is C54H62N4O. The number of nitrogens with zero attached hydrogens (tertiary/aromatic N) is 4. The molecule has 0 atom stereocenters. The first-order valence-electron chi connectivity index (χ1n) is 21.5. The molecule has 5 heteroatoms. The van der Waals surface area contributed by atoms with Gasteiger partial charge in [0.1, 0.15) is 24.0 Å². The van der Waals surface area contributed by atoms with Crippen molar-refractivity contribution < 1.29 is 4.74 Å². The molecule has 7 aromatic rings. The van der Waals surface area contributed by atoms with E-state index in [-0.39, 0.29) is 21.7 Å². The van der Waals surface area contributed by atoms with E-state index in [1.165, 1.54) is 50.1 Å². The SMILES string of the molecule is CCC(C)(CC)c1cccc(N2CN(c3cc(Oc4ccc5c6ccc(C(C)(C)C)cc6n(-c6cc(C(C)(C)C)ccn6)c5c4)cc(C(C)(C)C)c3)c3ccccc32)c1. The summed E-state index contributed by atoms with van der Waals surface area (Å²) in [7, 11) is 0. The maximum absolute atomic E-state index is 6.97. The molecule has 0 fully saturated rings. The minimum Gasteiger partial charge on any atom is -0.457 e. The largest absolute Gasteiger partial charge is 0.457 e. The molecule has 1 aliphatic rings. The quantitative estimate of drug-likeness (QED) is 0.154. The van der Waals surface area contributed by atoms with Crippen molar-refractivity contribution in [2.45, 2.75) is 118 Å². The van der Waals surface area contributed by atoms with Gasteiger partial charge in [0, 0.05) is 40.5 Å². The Bertz CT molecular complexity index is 2680. The highest BCUT2D eigenvalue weighted by Crippen LogP contribution is 2.47. The van der Waals surface area contributed by atoms with Crippen LogP contribution in [0.2, 0.25) is 0 Å². The molecule has 0 saturated carbocycles. The van der Waals surface area contributed by atoms with E-state index in [0.29, 0.717) is 6.67 Å². The van der Waals surface area contributed by atoms with Crippen LogP contribution in [0.3, 0.4) is 0 Å². The van der Waals surface area contributed by atoms with E-state index >= 15 is 0 Å². The fourth-order valence-electron chi connectivity index (χ4n) is 8.51. The van der Waals surface area contributed by atoms with Crippen LogP contribution in [0.15, 0.2) is 121 Å². The number of pyridine rings is 1. The summed E-state index contributed by atoms with van der Waals surface area (Å²) < 4.78 is 9.30. The van der Waals surface area contributed by atoms with Crippen LogP contribution in [0.5, 0.6) is 11.5 Å². The summed E-state index contributed by atoms with van der Waals surface area (Å²) in [6.07, 6.45) is 4.15. The highest BCUT2D eigenvalue weighted by Gasteiger charge is 2.31. The summed E-state index contributed by atoms with van der Waals surface area (Å²) in [4.78, 5) is 9.87. The van der Waals surface area contributed by atoms with Crippen molar-refractivity contribution in [2.75, 3.05) is 16.5 Å². The van der Waals surface area contributed by atoms with Gasteiger partial charge in [0.05, 0.1) is 22.4 Å². The van der Waals surface area contributed by atoms with Crippen LogP contribution < -0.4 is 14.5 Å². The average molecular weight is 783 g/mol. The number of hydrogen-bond donors (Lipinski definition) is 0. The van der Waals surface area contributed by atoms with E-state index in [0.717, 1.165) is 46.9 Å². The maximum atomic E-state index is 6.97. The van der Waals surface area contributed by atoms with Crippen LogP contribution in [-0.4, -0.2) is 16.2 Å². The van der Waals surface area contributed by atoms with E-state index in [1.54, 1.807) is 0 Å². The maximum Gasteiger partial charge on any atom is 0.137 e. The van der Waals surface area contributed by atoms with Gasteiger partial charge in [-0.25, -0.2) is 4.98 Å².